The maximum atomic E-state index is 9.80. The average molecular weight is 180 g/mol. The van der Waals surface area contributed by atoms with Crippen molar-refractivity contribution in [2.45, 2.75) is 25.9 Å². The molecule has 0 spiro atoms. The Morgan fingerprint density at radius 3 is 2.92 bits per heavy atom. The number of aliphatic hydroxyl groups excluding tert-OH is 1. The first-order valence-corrected chi connectivity index (χ1v) is 4.82. The minimum atomic E-state index is -0.198. The average Bonchev–Trinajstić information content (AvgIpc) is 2.68. The highest BCUT2D eigenvalue weighted by Gasteiger charge is 2.38. The fourth-order valence-electron chi connectivity index (χ4n) is 1.82. The molecule has 72 valence electrons. The van der Waals surface area contributed by atoms with Gasteiger partial charge in [0.05, 0.1) is 6.10 Å². The van der Waals surface area contributed by atoms with Crippen LogP contribution < -0.4 is 0 Å². The Morgan fingerprint density at radius 2 is 2.46 bits per heavy atom. The summed E-state index contributed by atoms with van der Waals surface area (Å²) in [6, 6.07) is 0. The molecule has 1 aromatic rings. The van der Waals surface area contributed by atoms with E-state index in [0.717, 1.165) is 5.82 Å². The van der Waals surface area contributed by atoms with Crippen LogP contribution in [-0.2, 0) is 13.5 Å². The quantitative estimate of drug-likeness (QED) is 0.753. The standard InChI is InChI=1S/C10H16N2O/c1-7-5-8(7)9(13)6-10-11-3-4-12(10)2/h3-4,7-9,13H,5-6H2,1-2H3. The predicted molar refractivity (Wildman–Crippen MR) is 50.2 cm³/mol. The van der Waals surface area contributed by atoms with E-state index in [4.69, 9.17) is 0 Å². The topological polar surface area (TPSA) is 38.1 Å². The zero-order valence-corrected chi connectivity index (χ0v) is 8.14. The molecule has 2 rings (SSSR count). The van der Waals surface area contributed by atoms with Gasteiger partial charge in [-0.15, -0.1) is 0 Å². The van der Waals surface area contributed by atoms with E-state index in [2.05, 4.69) is 11.9 Å². The summed E-state index contributed by atoms with van der Waals surface area (Å²) in [5.41, 5.74) is 0. The molecule has 0 saturated heterocycles. The van der Waals surface area contributed by atoms with Gasteiger partial charge in [-0.1, -0.05) is 6.92 Å². The lowest BCUT2D eigenvalue weighted by Gasteiger charge is -2.08. The molecule has 3 heteroatoms. The number of hydrogen-bond acceptors (Lipinski definition) is 2. The first kappa shape index (κ1) is 8.75. The third-order valence-electron chi connectivity index (χ3n) is 2.98. The van der Waals surface area contributed by atoms with Crippen LogP contribution in [0.15, 0.2) is 12.4 Å². The van der Waals surface area contributed by atoms with Crippen molar-refractivity contribution in [3.8, 4) is 0 Å². The number of aryl methyl sites for hydroxylation is 1. The van der Waals surface area contributed by atoms with Gasteiger partial charge in [-0.2, -0.15) is 0 Å². The van der Waals surface area contributed by atoms with Gasteiger partial charge in [-0.3, -0.25) is 0 Å². The fourth-order valence-corrected chi connectivity index (χ4v) is 1.82. The van der Waals surface area contributed by atoms with Crippen LogP contribution >= 0.6 is 0 Å². The molecule has 1 heterocycles. The Morgan fingerprint density at radius 1 is 1.77 bits per heavy atom. The zero-order valence-electron chi connectivity index (χ0n) is 8.14. The number of imidazole rings is 1. The SMILES string of the molecule is CC1CC1C(O)Cc1nccn1C. The van der Waals surface area contributed by atoms with Crippen molar-refractivity contribution >= 4 is 0 Å². The van der Waals surface area contributed by atoms with Gasteiger partial charge in [0.2, 0.25) is 0 Å². The van der Waals surface area contributed by atoms with E-state index in [9.17, 15) is 5.11 Å². The maximum Gasteiger partial charge on any atom is 0.110 e. The van der Waals surface area contributed by atoms with Gasteiger partial charge in [-0.25, -0.2) is 4.98 Å². The highest BCUT2D eigenvalue weighted by atomic mass is 16.3. The molecule has 1 aliphatic rings. The molecule has 1 fully saturated rings. The molecule has 1 aliphatic carbocycles. The molecule has 3 unspecified atom stereocenters. The van der Waals surface area contributed by atoms with E-state index in [1.54, 1.807) is 6.20 Å². The minimum Gasteiger partial charge on any atom is -0.392 e. The fraction of sp³-hybridized carbons (Fsp3) is 0.700. The van der Waals surface area contributed by atoms with E-state index in [1.807, 2.05) is 17.8 Å². The van der Waals surface area contributed by atoms with Gasteiger partial charge < -0.3 is 9.67 Å². The van der Waals surface area contributed by atoms with E-state index in [-0.39, 0.29) is 6.10 Å². The number of rotatable bonds is 3. The van der Waals surface area contributed by atoms with Gasteiger partial charge in [-0.05, 0) is 18.3 Å². The Hall–Kier alpha value is -0.830. The summed E-state index contributed by atoms with van der Waals surface area (Å²) in [5, 5.41) is 9.80. The highest BCUT2D eigenvalue weighted by Crippen LogP contribution is 2.41. The third-order valence-corrected chi connectivity index (χ3v) is 2.98. The third kappa shape index (κ3) is 1.75. The lowest BCUT2D eigenvalue weighted by molar-refractivity contribution is 0.143. The van der Waals surface area contributed by atoms with Crippen LogP contribution in [0.4, 0.5) is 0 Å². The van der Waals surface area contributed by atoms with E-state index in [0.29, 0.717) is 18.3 Å². The molecule has 0 bridgehead atoms. The summed E-state index contributed by atoms with van der Waals surface area (Å²) in [5.74, 6) is 2.19. The van der Waals surface area contributed by atoms with Gasteiger partial charge in [0.25, 0.3) is 0 Å². The number of hydrogen-bond donors (Lipinski definition) is 1. The lowest BCUT2D eigenvalue weighted by Crippen LogP contribution is -2.16. The summed E-state index contributed by atoms with van der Waals surface area (Å²) >= 11 is 0. The molecule has 3 nitrogen and oxygen atoms in total. The lowest BCUT2D eigenvalue weighted by atomic mass is 10.1. The van der Waals surface area contributed by atoms with Crippen LogP contribution in [0.5, 0.6) is 0 Å². The summed E-state index contributed by atoms with van der Waals surface area (Å²) < 4.78 is 1.97. The van der Waals surface area contributed by atoms with Crippen molar-refractivity contribution in [2.75, 3.05) is 0 Å². The molecule has 0 aliphatic heterocycles. The smallest absolute Gasteiger partial charge is 0.110 e. The molecule has 3 atom stereocenters. The van der Waals surface area contributed by atoms with Crippen molar-refractivity contribution in [1.82, 2.24) is 9.55 Å². The molecular weight excluding hydrogens is 164 g/mol. The molecule has 0 amide bonds. The molecule has 1 saturated carbocycles. The Kier molecular flexibility index (Phi) is 2.12. The van der Waals surface area contributed by atoms with Gasteiger partial charge >= 0.3 is 0 Å². The van der Waals surface area contributed by atoms with Crippen LogP contribution in [-0.4, -0.2) is 20.8 Å². The number of aromatic nitrogens is 2. The first-order valence-electron chi connectivity index (χ1n) is 4.82. The highest BCUT2D eigenvalue weighted by molar-refractivity contribution is 4.98. The molecular formula is C10H16N2O. The summed E-state index contributed by atoms with van der Waals surface area (Å²) in [6.45, 7) is 2.19. The van der Waals surface area contributed by atoms with Crippen molar-refractivity contribution in [3.05, 3.63) is 18.2 Å². The van der Waals surface area contributed by atoms with E-state index < -0.39 is 0 Å². The Labute approximate surface area is 78.4 Å². The number of aliphatic hydroxyl groups is 1. The number of nitrogens with zero attached hydrogens (tertiary/aromatic N) is 2. The molecule has 0 radical (unpaired) electrons. The maximum absolute atomic E-state index is 9.80. The largest absolute Gasteiger partial charge is 0.392 e. The Bertz CT molecular complexity index is 295. The molecule has 13 heavy (non-hydrogen) atoms. The minimum absolute atomic E-state index is 0.198. The summed E-state index contributed by atoms with van der Waals surface area (Å²) in [6.07, 6.45) is 5.36. The van der Waals surface area contributed by atoms with Crippen LogP contribution in [0.25, 0.3) is 0 Å². The second kappa shape index (κ2) is 3.14. The van der Waals surface area contributed by atoms with Gasteiger partial charge in [0.15, 0.2) is 0 Å². The van der Waals surface area contributed by atoms with Crippen LogP contribution in [0.3, 0.4) is 0 Å². The second-order valence-electron chi connectivity index (χ2n) is 4.10. The second-order valence-corrected chi connectivity index (χ2v) is 4.10. The van der Waals surface area contributed by atoms with Crippen LogP contribution in [0.2, 0.25) is 0 Å². The van der Waals surface area contributed by atoms with Crippen molar-refractivity contribution < 1.29 is 5.11 Å². The summed E-state index contributed by atoms with van der Waals surface area (Å²) in [7, 11) is 1.96. The molecule has 1 N–H and O–H groups in total. The van der Waals surface area contributed by atoms with Crippen molar-refractivity contribution in [1.29, 1.82) is 0 Å². The van der Waals surface area contributed by atoms with E-state index in [1.165, 1.54) is 6.42 Å². The van der Waals surface area contributed by atoms with E-state index >= 15 is 0 Å². The molecule has 1 aromatic heterocycles. The van der Waals surface area contributed by atoms with Gasteiger partial charge in [0.1, 0.15) is 5.82 Å². The van der Waals surface area contributed by atoms with Crippen LogP contribution in [0, 0.1) is 11.8 Å². The predicted octanol–water partition coefficient (Wildman–Crippen LogP) is 0.980. The van der Waals surface area contributed by atoms with Crippen LogP contribution in [0.1, 0.15) is 19.2 Å². The first-order chi connectivity index (χ1) is 6.18. The summed E-state index contributed by atoms with van der Waals surface area (Å²) in [4.78, 5) is 4.19. The normalized spacial score (nSPS) is 28.8. The molecule has 0 aromatic carbocycles. The zero-order chi connectivity index (χ0) is 9.42. The van der Waals surface area contributed by atoms with Gasteiger partial charge in [0, 0.05) is 25.9 Å². The monoisotopic (exact) mass is 180 g/mol. The van der Waals surface area contributed by atoms with Crippen molar-refractivity contribution in [2.24, 2.45) is 18.9 Å². The van der Waals surface area contributed by atoms with Crippen molar-refractivity contribution in [3.63, 3.8) is 0 Å². The Balaban J connectivity index is 1.94.